The fourth-order valence-corrected chi connectivity index (χ4v) is 4.70. The van der Waals surface area contributed by atoms with E-state index in [1.54, 1.807) is 0 Å². The number of para-hydroxylation sites is 2. The van der Waals surface area contributed by atoms with Gasteiger partial charge in [-0.25, -0.2) is 0 Å². The van der Waals surface area contributed by atoms with Crippen molar-refractivity contribution in [2.45, 2.75) is 23.2 Å². The van der Waals surface area contributed by atoms with Crippen LogP contribution >= 0.6 is 11.8 Å². The summed E-state index contributed by atoms with van der Waals surface area (Å²) in [6, 6.07) is 28.0. The van der Waals surface area contributed by atoms with Crippen molar-refractivity contribution in [1.29, 1.82) is 0 Å². The predicted octanol–water partition coefficient (Wildman–Crippen LogP) is 4.98. The van der Waals surface area contributed by atoms with Gasteiger partial charge in [0.2, 0.25) is 5.91 Å². The Morgan fingerprint density at radius 3 is 2.37 bits per heavy atom. The first-order valence-electron chi connectivity index (χ1n) is 9.91. The number of anilines is 1. The number of amides is 1. The summed E-state index contributed by atoms with van der Waals surface area (Å²) in [5.41, 5.74) is 4.03. The molecule has 3 aromatic carbocycles. The molecule has 0 bridgehead atoms. The number of fused-ring (bicyclic) bond motifs is 1. The number of hydrogen-bond acceptors (Lipinski definition) is 4. The van der Waals surface area contributed by atoms with Crippen LogP contribution in [-0.4, -0.2) is 25.9 Å². The van der Waals surface area contributed by atoms with Gasteiger partial charge in [-0.15, -0.1) is 10.2 Å². The van der Waals surface area contributed by atoms with Gasteiger partial charge < -0.3 is 5.32 Å². The highest BCUT2D eigenvalue weighted by Gasteiger charge is 2.27. The third kappa shape index (κ3) is 3.62. The quantitative estimate of drug-likeness (QED) is 0.514. The molecule has 0 saturated carbocycles. The van der Waals surface area contributed by atoms with Crippen LogP contribution in [0, 0.1) is 0 Å². The normalized spacial score (nSPS) is 15.9. The van der Waals surface area contributed by atoms with Crippen molar-refractivity contribution in [2.24, 2.45) is 0 Å². The minimum atomic E-state index is -0.243. The van der Waals surface area contributed by atoms with Crippen LogP contribution in [-0.2, 0) is 11.2 Å². The molecule has 1 aliphatic rings. The average Bonchev–Trinajstić information content (AvgIpc) is 3.14. The van der Waals surface area contributed by atoms with Gasteiger partial charge in [0.25, 0.3) is 0 Å². The van der Waals surface area contributed by atoms with Crippen molar-refractivity contribution in [3.8, 4) is 17.1 Å². The Kier molecular flexibility index (Phi) is 5.07. The maximum atomic E-state index is 12.9. The number of thioether (sulfide) groups is 1. The first-order valence-corrected chi connectivity index (χ1v) is 10.8. The van der Waals surface area contributed by atoms with Gasteiger partial charge in [-0.05, 0) is 36.6 Å². The summed E-state index contributed by atoms with van der Waals surface area (Å²) in [5.74, 6) is 0.774. The summed E-state index contributed by atoms with van der Waals surface area (Å²) in [4.78, 5) is 12.9. The van der Waals surface area contributed by atoms with Crippen LogP contribution in [0.3, 0.4) is 0 Å². The molecule has 0 saturated heterocycles. The summed E-state index contributed by atoms with van der Waals surface area (Å²) < 4.78 is 2.03. The molecular weight excluding hydrogens is 392 g/mol. The predicted molar refractivity (Wildman–Crippen MR) is 120 cm³/mol. The SMILES string of the molecule is O=C1Nc2ccccc2CCC1Sc1nnc(-c2ccccc2)n1-c1ccccc1. The van der Waals surface area contributed by atoms with Crippen molar-refractivity contribution in [1.82, 2.24) is 14.8 Å². The van der Waals surface area contributed by atoms with Crippen LogP contribution in [0.5, 0.6) is 0 Å². The highest BCUT2D eigenvalue weighted by Crippen LogP contribution is 2.34. The molecule has 5 nitrogen and oxygen atoms in total. The molecule has 0 radical (unpaired) electrons. The molecule has 148 valence electrons. The molecule has 1 amide bonds. The average molecular weight is 413 g/mol. The van der Waals surface area contributed by atoms with E-state index < -0.39 is 0 Å². The Labute approximate surface area is 179 Å². The topological polar surface area (TPSA) is 59.8 Å². The molecule has 1 aliphatic heterocycles. The molecular formula is C24H20N4OS. The van der Waals surface area contributed by atoms with E-state index in [9.17, 15) is 4.79 Å². The summed E-state index contributed by atoms with van der Waals surface area (Å²) in [6.07, 6.45) is 1.59. The van der Waals surface area contributed by atoms with Crippen molar-refractivity contribution in [3.63, 3.8) is 0 Å². The maximum absolute atomic E-state index is 12.9. The zero-order valence-electron chi connectivity index (χ0n) is 16.2. The van der Waals surface area contributed by atoms with Gasteiger partial charge in [0.1, 0.15) is 0 Å². The first kappa shape index (κ1) is 18.6. The van der Waals surface area contributed by atoms with E-state index in [0.29, 0.717) is 5.16 Å². The third-order valence-corrected chi connectivity index (χ3v) is 6.38. The number of nitrogens with one attached hydrogen (secondary N) is 1. The van der Waals surface area contributed by atoms with E-state index in [2.05, 4.69) is 21.6 Å². The number of benzene rings is 3. The minimum Gasteiger partial charge on any atom is -0.325 e. The van der Waals surface area contributed by atoms with Crippen molar-refractivity contribution in [2.75, 3.05) is 5.32 Å². The van der Waals surface area contributed by atoms with Crippen LogP contribution in [0.4, 0.5) is 5.69 Å². The van der Waals surface area contributed by atoms with Gasteiger partial charge in [0, 0.05) is 16.9 Å². The Morgan fingerprint density at radius 1 is 0.867 bits per heavy atom. The molecule has 0 spiro atoms. The number of rotatable bonds is 4. The number of carbonyl (C=O) groups excluding carboxylic acids is 1. The van der Waals surface area contributed by atoms with Gasteiger partial charge in [-0.3, -0.25) is 9.36 Å². The molecule has 1 atom stereocenters. The van der Waals surface area contributed by atoms with E-state index >= 15 is 0 Å². The van der Waals surface area contributed by atoms with Crippen LogP contribution < -0.4 is 5.32 Å². The number of hydrogen-bond donors (Lipinski definition) is 1. The van der Waals surface area contributed by atoms with Gasteiger partial charge in [0.15, 0.2) is 11.0 Å². The van der Waals surface area contributed by atoms with Crippen LogP contribution in [0.15, 0.2) is 90.1 Å². The van der Waals surface area contributed by atoms with E-state index in [1.807, 2.05) is 83.4 Å². The second-order valence-corrected chi connectivity index (χ2v) is 8.30. The van der Waals surface area contributed by atoms with E-state index in [1.165, 1.54) is 17.3 Å². The number of nitrogens with zero attached hydrogens (tertiary/aromatic N) is 3. The Balaban J connectivity index is 1.51. The number of aryl methyl sites for hydroxylation is 1. The van der Waals surface area contributed by atoms with Crippen molar-refractivity contribution < 1.29 is 4.79 Å². The summed E-state index contributed by atoms with van der Waals surface area (Å²) >= 11 is 1.47. The molecule has 5 rings (SSSR count). The fourth-order valence-electron chi connectivity index (χ4n) is 3.66. The molecule has 4 aromatic rings. The molecule has 0 aliphatic carbocycles. The first-order chi connectivity index (χ1) is 14.8. The van der Waals surface area contributed by atoms with E-state index in [4.69, 9.17) is 0 Å². The lowest BCUT2D eigenvalue weighted by Crippen LogP contribution is -2.24. The fraction of sp³-hybridized carbons (Fsp3) is 0.125. The van der Waals surface area contributed by atoms with Crippen LogP contribution in [0.25, 0.3) is 17.1 Å². The largest absolute Gasteiger partial charge is 0.325 e. The van der Waals surface area contributed by atoms with Crippen molar-refractivity contribution in [3.05, 3.63) is 90.5 Å². The standard InChI is InChI=1S/C24H20N4OS/c29-23-21(16-15-17-9-7-8-14-20(17)25-23)30-24-27-26-22(18-10-3-1-4-11-18)28(24)19-12-5-2-6-13-19/h1-14,21H,15-16H2,(H,25,29). The summed E-state index contributed by atoms with van der Waals surface area (Å²) in [6.45, 7) is 0. The number of aromatic nitrogens is 3. The molecule has 0 fully saturated rings. The molecule has 30 heavy (non-hydrogen) atoms. The molecule has 2 heterocycles. The maximum Gasteiger partial charge on any atom is 0.237 e. The zero-order chi connectivity index (χ0) is 20.3. The second-order valence-electron chi connectivity index (χ2n) is 7.13. The van der Waals surface area contributed by atoms with Crippen molar-refractivity contribution >= 4 is 23.4 Å². The van der Waals surface area contributed by atoms with Gasteiger partial charge in [-0.2, -0.15) is 0 Å². The highest BCUT2D eigenvalue weighted by molar-refractivity contribution is 8.00. The summed E-state index contributed by atoms with van der Waals surface area (Å²) in [5, 5.41) is 12.5. The highest BCUT2D eigenvalue weighted by atomic mass is 32.2. The Hall–Kier alpha value is -3.38. The zero-order valence-corrected chi connectivity index (χ0v) is 17.0. The van der Waals surface area contributed by atoms with E-state index in [-0.39, 0.29) is 11.2 Å². The minimum absolute atomic E-state index is 0.00817. The Bertz CT molecular complexity index is 1170. The van der Waals surface area contributed by atoms with Crippen LogP contribution in [0.2, 0.25) is 0 Å². The molecule has 1 aromatic heterocycles. The van der Waals surface area contributed by atoms with E-state index in [0.717, 1.165) is 35.6 Å². The number of carbonyl (C=O) groups is 1. The lowest BCUT2D eigenvalue weighted by molar-refractivity contribution is -0.115. The second kappa shape index (κ2) is 8.16. The molecule has 1 unspecified atom stereocenters. The van der Waals surface area contributed by atoms with Gasteiger partial charge >= 0.3 is 0 Å². The Morgan fingerprint density at radius 2 is 1.57 bits per heavy atom. The third-order valence-electron chi connectivity index (χ3n) is 5.17. The lowest BCUT2D eigenvalue weighted by Gasteiger charge is -2.14. The van der Waals surface area contributed by atoms with Crippen LogP contribution in [0.1, 0.15) is 12.0 Å². The molecule has 6 heteroatoms. The monoisotopic (exact) mass is 412 g/mol. The summed E-state index contributed by atoms with van der Waals surface area (Å²) in [7, 11) is 0. The smallest absolute Gasteiger partial charge is 0.237 e. The lowest BCUT2D eigenvalue weighted by atomic mass is 10.1. The van der Waals surface area contributed by atoms with Gasteiger partial charge in [0.05, 0.1) is 5.25 Å². The molecule has 1 N–H and O–H groups in total. The van der Waals surface area contributed by atoms with Gasteiger partial charge in [-0.1, -0.05) is 78.5 Å².